The van der Waals surface area contributed by atoms with E-state index in [1.54, 1.807) is 0 Å². The number of ether oxygens (including phenoxy) is 6. The molecule has 0 fully saturated rings. The van der Waals surface area contributed by atoms with Gasteiger partial charge in [-0.15, -0.1) is 0 Å². The fraction of sp³-hybridized carbons (Fsp3) is 0.667. The Hall–Kier alpha value is -3.05. The molecule has 6 unspecified atom stereocenters. The van der Waals surface area contributed by atoms with Crippen molar-refractivity contribution in [3.8, 4) is 17.2 Å². The van der Waals surface area contributed by atoms with E-state index >= 15 is 0 Å². The summed E-state index contributed by atoms with van der Waals surface area (Å²) in [5, 5.41) is 115. The lowest BCUT2D eigenvalue weighted by atomic mass is 10.1. The SMILES string of the molecule is O=C(OCC(O)CO)C(OCC(O)CO)=C(OCC(O)CO)c1ccc(OCC(O)CO)c(OCC(O)CO)c1OCC(O)CO. The zero-order valence-corrected chi connectivity index (χ0v) is 24.8. The molecule has 1 aromatic carbocycles. The zero-order chi connectivity index (χ0) is 34.6. The average molecular weight is 673 g/mol. The van der Waals surface area contributed by atoms with Gasteiger partial charge >= 0.3 is 5.97 Å². The quantitative estimate of drug-likeness (QED) is 0.0261. The Morgan fingerprint density at radius 2 is 0.891 bits per heavy atom. The molecule has 0 amide bonds. The summed E-state index contributed by atoms with van der Waals surface area (Å²) >= 11 is 0. The van der Waals surface area contributed by atoms with Crippen LogP contribution in [-0.2, 0) is 19.0 Å². The van der Waals surface area contributed by atoms with Gasteiger partial charge in [0.1, 0.15) is 76.3 Å². The minimum Gasteiger partial charge on any atom is -0.487 e. The summed E-state index contributed by atoms with van der Waals surface area (Å²) in [7, 11) is 0. The van der Waals surface area contributed by atoms with Crippen molar-refractivity contribution < 1.29 is 94.5 Å². The minimum absolute atomic E-state index is 0.212. The van der Waals surface area contributed by atoms with Crippen LogP contribution in [0, 0.1) is 0 Å². The second-order valence-corrected chi connectivity index (χ2v) is 9.60. The van der Waals surface area contributed by atoms with Crippen LogP contribution in [0.25, 0.3) is 5.76 Å². The lowest BCUT2D eigenvalue weighted by Gasteiger charge is -2.24. The maximum Gasteiger partial charge on any atom is 0.377 e. The molecule has 0 spiro atoms. The van der Waals surface area contributed by atoms with Gasteiger partial charge in [-0.1, -0.05) is 0 Å². The molecule has 266 valence electrons. The molecule has 19 nitrogen and oxygen atoms in total. The fourth-order valence-corrected chi connectivity index (χ4v) is 3.06. The molecule has 0 aliphatic rings. The molecule has 1 rings (SSSR count). The molecule has 1 aromatic rings. The second-order valence-electron chi connectivity index (χ2n) is 9.60. The molecule has 0 bridgehead atoms. The van der Waals surface area contributed by atoms with Crippen LogP contribution in [0.2, 0.25) is 0 Å². The first-order valence-corrected chi connectivity index (χ1v) is 13.9. The number of benzene rings is 1. The molecule has 6 atom stereocenters. The minimum atomic E-state index is -1.54. The highest BCUT2D eigenvalue weighted by Crippen LogP contribution is 2.44. The van der Waals surface area contributed by atoms with Gasteiger partial charge in [0.15, 0.2) is 17.3 Å². The second kappa shape index (κ2) is 22.5. The largest absolute Gasteiger partial charge is 0.487 e. The smallest absolute Gasteiger partial charge is 0.377 e. The summed E-state index contributed by atoms with van der Waals surface area (Å²) in [6.45, 7) is -8.58. The number of rotatable bonds is 25. The summed E-state index contributed by atoms with van der Waals surface area (Å²) in [6, 6.07) is 2.35. The summed E-state index contributed by atoms with van der Waals surface area (Å²) in [6.07, 6.45) is -8.90. The van der Waals surface area contributed by atoms with E-state index in [1.165, 1.54) is 12.1 Å². The summed E-state index contributed by atoms with van der Waals surface area (Å²) < 4.78 is 32.9. The van der Waals surface area contributed by atoms with Gasteiger partial charge in [-0.25, -0.2) is 4.79 Å². The van der Waals surface area contributed by atoms with Crippen LogP contribution in [0.4, 0.5) is 0 Å². The van der Waals surface area contributed by atoms with Crippen molar-refractivity contribution in [3.05, 3.63) is 23.5 Å². The molecule has 46 heavy (non-hydrogen) atoms. The Morgan fingerprint density at radius 3 is 1.37 bits per heavy atom. The van der Waals surface area contributed by atoms with E-state index in [9.17, 15) is 61.0 Å². The first-order valence-electron chi connectivity index (χ1n) is 13.9. The number of carbonyl (C=O) groups excluding carboxylic acids is 1. The summed E-state index contributed by atoms with van der Waals surface area (Å²) in [5.74, 6) is -3.92. The third kappa shape index (κ3) is 14.2. The van der Waals surface area contributed by atoms with Crippen LogP contribution < -0.4 is 14.2 Å². The summed E-state index contributed by atoms with van der Waals surface area (Å²) in [5.41, 5.74) is -0.299. The Morgan fingerprint density at radius 1 is 0.500 bits per heavy atom. The van der Waals surface area contributed by atoms with Gasteiger partial charge in [0.25, 0.3) is 0 Å². The number of aliphatic hydroxyl groups excluding tert-OH is 12. The molecule has 0 radical (unpaired) electrons. The fourth-order valence-electron chi connectivity index (χ4n) is 3.06. The van der Waals surface area contributed by atoms with Crippen molar-refractivity contribution in [1.29, 1.82) is 0 Å². The molecule has 0 aliphatic heterocycles. The van der Waals surface area contributed by atoms with Crippen LogP contribution in [0.3, 0.4) is 0 Å². The Labute approximate surface area is 263 Å². The molecule has 0 saturated carbocycles. The van der Waals surface area contributed by atoms with E-state index in [4.69, 9.17) is 33.5 Å². The highest BCUT2D eigenvalue weighted by atomic mass is 16.6. The Bertz CT molecular complexity index is 1040. The molecule has 0 heterocycles. The third-order valence-corrected chi connectivity index (χ3v) is 5.50. The molecule has 0 aromatic heterocycles. The van der Waals surface area contributed by atoms with Crippen molar-refractivity contribution in [2.75, 3.05) is 79.3 Å². The lowest BCUT2D eigenvalue weighted by Crippen LogP contribution is -2.27. The van der Waals surface area contributed by atoms with Gasteiger partial charge in [0, 0.05) is 0 Å². The van der Waals surface area contributed by atoms with Crippen LogP contribution >= 0.6 is 0 Å². The van der Waals surface area contributed by atoms with Crippen LogP contribution in [0.15, 0.2) is 17.9 Å². The van der Waals surface area contributed by atoms with E-state index < -0.39 is 145 Å². The van der Waals surface area contributed by atoms with Gasteiger partial charge in [-0.2, -0.15) is 0 Å². The van der Waals surface area contributed by atoms with Crippen LogP contribution in [-0.4, -0.2) is 183 Å². The van der Waals surface area contributed by atoms with Crippen LogP contribution in [0.5, 0.6) is 17.2 Å². The number of esters is 1. The van der Waals surface area contributed by atoms with Gasteiger partial charge in [0.2, 0.25) is 11.5 Å². The monoisotopic (exact) mass is 672 g/mol. The maximum atomic E-state index is 13.2. The predicted octanol–water partition coefficient (Wildman–Crippen LogP) is -5.81. The topological polar surface area (TPSA) is 315 Å². The van der Waals surface area contributed by atoms with E-state index in [0.717, 1.165) is 0 Å². The normalized spacial score (nSPS) is 15.9. The van der Waals surface area contributed by atoms with E-state index in [2.05, 4.69) is 0 Å². The van der Waals surface area contributed by atoms with E-state index in [-0.39, 0.29) is 11.3 Å². The third-order valence-electron chi connectivity index (χ3n) is 5.50. The van der Waals surface area contributed by atoms with Crippen LogP contribution in [0.1, 0.15) is 5.56 Å². The molecular formula is C27H44O19. The molecule has 0 saturated heterocycles. The van der Waals surface area contributed by atoms with Gasteiger partial charge in [-0.3, -0.25) is 0 Å². The van der Waals surface area contributed by atoms with E-state index in [1.807, 2.05) is 0 Å². The molecular weight excluding hydrogens is 628 g/mol. The van der Waals surface area contributed by atoms with E-state index in [0.29, 0.717) is 0 Å². The Balaban J connectivity index is 4.06. The predicted molar refractivity (Wildman–Crippen MR) is 151 cm³/mol. The zero-order valence-electron chi connectivity index (χ0n) is 24.8. The first kappa shape index (κ1) is 41.0. The van der Waals surface area contributed by atoms with Gasteiger partial charge in [-0.05, 0) is 12.1 Å². The highest BCUT2D eigenvalue weighted by molar-refractivity contribution is 5.95. The molecule has 0 aliphatic carbocycles. The summed E-state index contributed by atoms with van der Waals surface area (Å²) in [4.78, 5) is 13.2. The Kier molecular flexibility index (Phi) is 20.0. The molecule has 19 heteroatoms. The number of hydrogen-bond donors (Lipinski definition) is 12. The number of carbonyl (C=O) groups is 1. The van der Waals surface area contributed by atoms with Crippen molar-refractivity contribution in [2.24, 2.45) is 0 Å². The van der Waals surface area contributed by atoms with Crippen molar-refractivity contribution in [3.63, 3.8) is 0 Å². The van der Waals surface area contributed by atoms with Gasteiger partial charge in [0.05, 0.1) is 45.2 Å². The lowest BCUT2D eigenvalue weighted by molar-refractivity contribution is -0.147. The van der Waals surface area contributed by atoms with Crippen molar-refractivity contribution >= 4 is 11.7 Å². The first-order chi connectivity index (χ1) is 21.9. The highest BCUT2D eigenvalue weighted by Gasteiger charge is 2.31. The average Bonchev–Trinajstić information content (AvgIpc) is 3.07. The molecule has 12 N–H and O–H groups in total. The van der Waals surface area contributed by atoms with Crippen molar-refractivity contribution in [1.82, 2.24) is 0 Å². The number of aliphatic hydroxyl groups is 12. The maximum absolute atomic E-state index is 13.2. The van der Waals surface area contributed by atoms with Crippen molar-refractivity contribution in [2.45, 2.75) is 36.6 Å². The van der Waals surface area contributed by atoms with Gasteiger partial charge < -0.3 is 89.7 Å². The standard InChI is InChI=1S/C27H44O19/c28-3-15(34)9-41-22-2-1-21(23(42-10-16(35)4-29)25(22)44-12-18(37)6-31)24(43-11-17(36)5-30)26(45-13-19(38)7-32)27(40)46-14-20(39)8-33/h1-2,15-20,28-39H,3-14H2. The number of hydrogen-bond acceptors (Lipinski definition) is 19.